The van der Waals surface area contributed by atoms with Crippen LogP contribution >= 0.6 is 0 Å². The van der Waals surface area contributed by atoms with Crippen molar-refractivity contribution in [2.45, 2.75) is 27.2 Å². The van der Waals surface area contributed by atoms with Crippen LogP contribution in [0, 0.1) is 13.8 Å². The molecule has 4 heterocycles. The lowest BCUT2D eigenvalue weighted by Gasteiger charge is -2.00. The highest BCUT2D eigenvalue weighted by atomic mass is 16.5. The van der Waals surface area contributed by atoms with E-state index in [-0.39, 0.29) is 6.15 Å². The van der Waals surface area contributed by atoms with Crippen LogP contribution < -0.4 is 0 Å². The molecule has 0 saturated carbocycles. The molecular formula is C18H16N4O3. The van der Waals surface area contributed by atoms with Gasteiger partial charge in [0.1, 0.15) is 11.4 Å². The summed E-state index contributed by atoms with van der Waals surface area (Å²) >= 11 is 0. The van der Waals surface area contributed by atoms with Crippen LogP contribution in [-0.4, -0.2) is 26.3 Å². The second-order valence-corrected chi connectivity index (χ2v) is 5.58. The van der Waals surface area contributed by atoms with Crippen molar-refractivity contribution in [3.63, 3.8) is 0 Å². The average molecular weight is 336 g/mol. The number of carbonyl (C=O) groups excluding carboxylic acids is 2. The van der Waals surface area contributed by atoms with E-state index in [0.29, 0.717) is 0 Å². The summed E-state index contributed by atoms with van der Waals surface area (Å²) in [5, 5.41) is 5.07. The second kappa shape index (κ2) is 6.67. The Morgan fingerprint density at radius 3 is 2.64 bits per heavy atom. The largest absolute Gasteiger partial charge is 0.373 e. The highest BCUT2D eigenvalue weighted by Crippen LogP contribution is 2.30. The van der Waals surface area contributed by atoms with Gasteiger partial charge in [-0.3, -0.25) is 4.98 Å². The Morgan fingerprint density at radius 2 is 2.00 bits per heavy atom. The summed E-state index contributed by atoms with van der Waals surface area (Å²) in [5.74, 6) is 0.807. The summed E-state index contributed by atoms with van der Waals surface area (Å²) in [4.78, 5) is 28.9. The molecule has 4 aromatic rings. The van der Waals surface area contributed by atoms with Crippen LogP contribution in [0.2, 0.25) is 0 Å². The fourth-order valence-corrected chi connectivity index (χ4v) is 2.92. The molecule has 0 radical (unpaired) electrons. The van der Waals surface area contributed by atoms with E-state index in [2.05, 4.69) is 45.2 Å². The average Bonchev–Trinajstić information content (AvgIpc) is 3.13. The van der Waals surface area contributed by atoms with Crippen LogP contribution in [0.4, 0.5) is 0 Å². The minimum absolute atomic E-state index is 0.250. The van der Waals surface area contributed by atoms with E-state index in [1.807, 2.05) is 20.0 Å². The highest BCUT2D eigenvalue weighted by molar-refractivity contribution is 6.04. The Balaban J connectivity index is 0.000000569. The van der Waals surface area contributed by atoms with Gasteiger partial charge < -0.3 is 9.51 Å². The molecule has 4 rings (SSSR count). The fraction of sp³-hybridized carbons (Fsp3) is 0.222. The van der Waals surface area contributed by atoms with Gasteiger partial charge in [-0.05, 0) is 38.5 Å². The van der Waals surface area contributed by atoms with Crippen LogP contribution in [0.25, 0.3) is 33.2 Å². The number of hydrogen-bond donors (Lipinski definition) is 1. The number of H-pyrrole nitrogens is 1. The number of fused-ring (bicyclic) bond motifs is 3. The zero-order valence-corrected chi connectivity index (χ0v) is 14.1. The third-order valence-electron chi connectivity index (χ3n) is 4.03. The van der Waals surface area contributed by atoms with Gasteiger partial charge in [0.2, 0.25) is 0 Å². The Morgan fingerprint density at radius 1 is 1.24 bits per heavy atom. The number of hydrogen-bond acceptors (Lipinski definition) is 6. The normalized spacial score (nSPS) is 10.5. The Hall–Kier alpha value is -3.31. The SMILES string of the molecule is CCc1ccc2c(n1)[nH]c1cc(-c3c(C)noc3C)cnc12.O=C=O. The monoisotopic (exact) mass is 336 g/mol. The van der Waals surface area contributed by atoms with Crippen molar-refractivity contribution < 1.29 is 14.1 Å². The number of aromatic nitrogens is 4. The smallest absolute Gasteiger partial charge is 0.361 e. The van der Waals surface area contributed by atoms with Crippen molar-refractivity contribution in [3.05, 3.63) is 41.5 Å². The zero-order valence-electron chi connectivity index (χ0n) is 14.1. The van der Waals surface area contributed by atoms with Gasteiger partial charge in [-0.2, -0.15) is 9.59 Å². The molecule has 7 heteroatoms. The fourth-order valence-electron chi connectivity index (χ4n) is 2.92. The van der Waals surface area contributed by atoms with E-state index in [1.54, 1.807) is 0 Å². The molecule has 0 fully saturated rings. The maximum atomic E-state index is 8.12. The quantitative estimate of drug-likeness (QED) is 0.602. The summed E-state index contributed by atoms with van der Waals surface area (Å²) in [5.41, 5.74) is 6.78. The third kappa shape index (κ3) is 2.93. The van der Waals surface area contributed by atoms with Gasteiger partial charge in [0.05, 0.1) is 16.7 Å². The summed E-state index contributed by atoms with van der Waals surface area (Å²) in [6, 6.07) is 6.23. The van der Waals surface area contributed by atoms with Crippen molar-refractivity contribution in [3.8, 4) is 11.1 Å². The summed E-state index contributed by atoms with van der Waals surface area (Å²) in [6.45, 7) is 5.96. The van der Waals surface area contributed by atoms with Crippen LogP contribution in [-0.2, 0) is 16.0 Å². The topological polar surface area (TPSA) is 102 Å². The molecule has 0 spiro atoms. The Labute approximate surface area is 143 Å². The summed E-state index contributed by atoms with van der Waals surface area (Å²) < 4.78 is 5.25. The van der Waals surface area contributed by atoms with Crippen LogP contribution in [0.3, 0.4) is 0 Å². The molecule has 0 unspecified atom stereocenters. The lowest BCUT2D eigenvalue weighted by molar-refractivity contribution is -0.191. The molecule has 0 aromatic carbocycles. The lowest BCUT2D eigenvalue weighted by atomic mass is 10.1. The predicted molar refractivity (Wildman–Crippen MR) is 90.8 cm³/mol. The minimum atomic E-state index is 0.250. The van der Waals surface area contributed by atoms with Crippen molar-refractivity contribution in [2.75, 3.05) is 0 Å². The molecule has 7 nitrogen and oxygen atoms in total. The molecule has 0 atom stereocenters. The number of nitrogens with one attached hydrogen (secondary N) is 1. The molecule has 0 aliphatic heterocycles. The maximum absolute atomic E-state index is 8.12. The summed E-state index contributed by atoms with van der Waals surface area (Å²) in [7, 11) is 0. The molecule has 0 bridgehead atoms. The lowest BCUT2D eigenvalue weighted by Crippen LogP contribution is -1.85. The predicted octanol–water partition coefficient (Wildman–Crippen LogP) is 3.36. The molecule has 1 N–H and O–H groups in total. The molecule has 4 aromatic heterocycles. The molecule has 0 aliphatic rings. The van der Waals surface area contributed by atoms with Crippen LogP contribution in [0.5, 0.6) is 0 Å². The van der Waals surface area contributed by atoms with E-state index in [0.717, 1.165) is 56.8 Å². The van der Waals surface area contributed by atoms with Gasteiger partial charge in [-0.15, -0.1) is 0 Å². The second-order valence-electron chi connectivity index (χ2n) is 5.58. The third-order valence-corrected chi connectivity index (χ3v) is 4.03. The van der Waals surface area contributed by atoms with Crippen LogP contribution in [0.1, 0.15) is 24.1 Å². The Bertz CT molecular complexity index is 1070. The van der Waals surface area contributed by atoms with Crippen molar-refractivity contribution in [1.29, 1.82) is 0 Å². The van der Waals surface area contributed by atoms with Gasteiger partial charge in [0, 0.05) is 28.4 Å². The number of pyridine rings is 2. The highest BCUT2D eigenvalue weighted by Gasteiger charge is 2.14. The minimum Gasteiger partial charge on any atom is -0.361 e. The molecule has 0 saturated heterocycles. The molecule has 0 amide bonds. The van der Waals surface area contributed by atoms with Crippen LogP contribution in [0.15, 0.2) is 28.9 Å². The van der Waals surface area contributed by atoms with Crippen molar-refractivity contribution >= 4 is 28.2 Å². The van der Waals surface area contributed by atoms with Gasteiger partial charge in [0.15, 0.2) is 0 Å². The molecular weight excluding hydrogens is 320 g/mol. The number of nitrogens with zero attached hydrogens (tertiary/aromatic N) is 3. The summed E-state index contributed by atoms with van der Waals surface area (Å²) in [6.07, 6.45) is 3.04. The first-order valence-corrected chi connectivity index (χ1v) is 7.78. The number of aryl methyl sites for hydroxylation is 3. The maximum Gasteiger partial charge on any atom is 0.373 e. The standard InChI is InChI=1S/C17H16N4O.CO2/c1-4-12-5-6-13-16-14(20-17(13)19-12)7-11(8-18-16)15-9(2)21-22-10(15)3;2-1-3/h5-8H,4H2,1-3H3,(H,19,20);. The molecule has 126 valence electrons. The first kappa shape index (κ1) is 16.5. The molecule has 25 heavy (non-hydrogen) atoms. The van der Waals surface area contributed by atoms with E-state index >= 15 is 0 Å². The van der Waals surface area contributed by atoms with Gasteiger partial charge in [-0.25, -0.2) is 4.98 Å². The van der Waals surface area contributed by atoms with E-state index < -0.39 is 0 Å². The van der Waals surface area contributed by atoms with E-state index in [4.69, 9.17) is 14.1 Å². The van der Waals surface area contributed by atoms with Gasteiger partial charge in [0.25, 0.3) is 0 Å². The first-order valence-electron chi connectivity index (χ1n) is 7.78. The van der Waals surface area contributed by atoms with Crippen molar-refractivity contribution in [2.24, 2.45) is 0 Å². The van der Waals surface area contributed by atoms with Gasteiger partial charge in [-0.1, -0.05) is 12.1 Å². The molecule has 0 aliphatic carbocycles. The van der Waals surface area contributed by atoms with Gasteiger partial charge >= 0.3 is 6.15 Å². The van der Waals surface area contributed by atoms with Crippen molar-refractivity contribution in [1.82, 2.24) is 20.1 Å². The zero-order chi connectivity index (χ0) is 18.0. The van der Waals surface area contributed by atoms with E-state index in [1.165, 1.54) is 0 Å². The Kier molecular flexibility index (Phi) is 4.41. The number of rotatable bonds is 2. The van der Waals surface area contributed by atoms with E-state index in [9.17, 15) is 0 Å². The first-order chi connectivity index (χ1) is 12.1. The number of aromatic amines is 1.